The van der Waals surface area contributed by atoms with Gasteiger partial charge < -0.3 is 0 Å². The lowest BCUT2D eigenvalue weighted by molar-refractivity contribution is -0.00518. The second kappa shape index (κ2) is 10.7. The molecule has 4 heteroatoms. The molecule has 0 amide bonds. The van der Waals surface area contributed by atoms with Gasteiger partial charge in [0.15, 0.2) is 17.5 Å². The van der Waals surface area contributed by atoms with Gasteiger partial charge in [-0.3, -0.25) is 0 Å². The summed E-state index contributed by atoms with van der Waals surface area (Å²) in [5, 5.41) is 11.5. The van der Waals surface area contributed by atoms with Crippen LogP contribution in [0.25, 0.3) is 56.1 Å². The van der Waals surface area contributed by atoms with Gasteiger partial charge in [-0.15, -0.1) is 0 Å². The van der Waals surface area contributed by atoms with E-state index in [9.17, 15) is 5.26 Å². The fraction of sp³-hybridized carbons (Fsp3) is 0.238. The summed E-state index contributed by atoms with van der Waals surface area (Å²) in [4.78, 5) is 15.0. The Kier molecular flexibility index (Phi) is 6.35. The molecule has 4 saturated carbocycles. The molecule has 4 nitrogen and oxygen atoms in total. The summed E-state index contributed by atoms with van der Waals surface area (Å²) in [5.41, 5.74) is 7.74. The van der Waals surface area contributed by atoms with Crippen molar-refractivity contribution in [3.8, 4) is 51.4 Å². The number of benzene rings is 5. The number of rotatable bonds is 5. The van der Waals surface area contributed by atoms with E-state index >= 15 is 0 Å². The zero-order valence-corrected chi connectivity index (χ0v) is 25.7. The first-order chi connectivity index (χ1) is 22.6. The third kappa shape index (κ3) is 4.70. The summed E-state index contributed by atoms with van der Waals surface area (Å²) < 4.78 is 0. The summed E-state index contributed by atoms with van der Waals surface area (Å²) in [7, 11) is 0. The van der Waals surface area contributed by atoms with Crippen molar-refractivity contribution in [3.05, 3.63) is 126 Å². The van der Waals surface area contributed by atoms with E-state index in [0.717, 1.165) is 56.3 Å². The van der Waals surface area contributed by atoms with Crippen molar-refractivity contribution >= 4 is 10.8 Å². The normalized spacial score (nSPS) is 23.0. The van der Waals surface area contributed by atoms with Crippen molar-refractivity contribution in [3.63, 3.8) is 0 Å². The summed E-state index contributed by atoms with van der Waals surface area (Å²) in [5.74, 6) is 4.82. The average molecular weight is 595 g/mol. The van der Waals surface area contributed by atoms with E-state index in [1.807, 2.05) is 42.5 Å². The third-order valence-corrected chi connectivity index (χ3v) is 10.9. The van der Waals surface area contributed by atoms with Crippen LogP contribution in [-0.4, -0.2) is 15.0 Å². The third-order valence-electron chi connectivity index (χ3n) is 10.9. The lowest BCUT2D eigenvalue weighted by atomic mass is 9.48. The van der Waals surface area contributed by atoms with E-state index in [-0.39, 0.29) is 0 Å². The van der Waals surface area contributed by atoms with Crippen LogP contribution in [0.2, 0.25) is 0 Å². The SMILES string of the molecule is N#Cc1ccc2c(-c3ccc(-c4nc(-c5ccccc5)nc(-c5ccc(C67CC8CC(CC(C8)C6)C7)cc5)n4)cc3)cccc2c1. The average Bonchev–Trinajstić information content (AvgIpc) is 3.11. The molecule has 222 valence electrons. The van der Waals surface area contributed by atoms with Crippen LogP contribution in [0.1, 0.15) is 49.7 Å². The lowest BCUT2D eigenvalue weighted by Gasteiger charge is -2.57. The highest BCUT2D eigenvalue weighted by molar-refractivity contribution is 5.97. The molecule has 0 atom stereocenters. The number of nitriles is 1. The Morgan fingerprint density at radius 3 is 1.67 bits per heavy atom. The van der Waals surface area contributed by atoms with Gasteiger partial charge in [0.05, 0.1) is 11.6 Å². The molecular formula is C42H34N4. The Balaban J connectivity index is 1.08. The molecule has 1 heterocycles. The summed E-state index contributed by atoms with van der Waals surface area (Å²) in [6.45, 7) is 0. The Morgan fingerprint density at radius 2 is 1.09 bits per heavy atom. The molecule has 0 spiro atoms. The van der Waals surface area contributed by atoms with Gasteiger partial charge in [0.25, 0.3) is 0 Å². The molecule has 5 aromatic carbocycles. The summed E-state index contributed by atoms with van der Waals surface area (Å²) >= 11 is 0. The molecule has 10 rings (SSSR count). The van der Waals surface area contributed by atoms with Crippen LogP contribution in [0.3, 0.4) is 0 Å². The monoisotopic (exact) mass is 594 g/mol. The summed E-state index contributed by atoms with van der Waals surface area (Å²) in [6.07, 6.45) is 8.46. The van der Waals surface area contributed by atoms with Gasteiger partial charge in [-0.25, -0.2) is 15.0 Å². The number of hydrogen-bond acceptors (Lipinski definition) is 4. The fourth-order valence-corrected chi connectivity index (χ4v) is 9.19. The molecular weight excluding hydrogens is 560 g/mol. The molecule has 0 saturated heterocycles. The minimum atomic E-state index is 0.372. The molecule has 46 heavy (non-hydrogen) atoms. The number of fused-ring (bicyclic) bond motifs is 1. The molecule has 0 aliphatic heterocycles. The van der Waals surface area contributed by atoms with Crippen molar-refractivity contribution in [1.82, 2.24) is 15.0 Å². The zero-order valence-electron chi connectivity index (χ0n) is 25.7. The van der Waals surface area contributed by atoms with Crippen molar-refractivity contribution in [2.75, 3.05) is 0 Å². The topological polar surface area (TPSA) is 62.5 Å². The van der Waals surface area contributed by atoms with Crippen LogP contribution in [0.5, 0.6) is 0 Å². The van der Waals surface area contributed by atoms with Crippen LogP contribution >= 0.6 is 0 Å². The molecule has 0 unspecified atom stereocenters. The van der Waals surface area contributed by atoms with E-state index < -0.39 is 0 Å². The Hall–Kier alpha value is -5.14. The maximum atomic E-state index is 9.35. The van der Waals surface area contributed by atoms with Gasteiger partial charge >= 0.3 is 0 Å². The first-order valence-corrected chi connectivity index (χ1v) is 16.6. The van der Waals surface area contributed by atoms with Crippen LogP contribution in [0.4, 0.5) is 0 Å². The van der Waals surface area contributed by atoms with Crippen molar-refractivity contribution in [1.29, 1.82) is 5.26 Å². The van der Waals surface area contributed by atoms with E-state index in [0.29, 0.717) is 28.5 Å². The smallest absolute Gasteiger partial charge is 0.164 e. The predicted octanol–water partition coefficient (Wildman–Crippen LogP) is 10.0. The molecule has 0 N–H and O–H groups in total. The second-order valence-corrected chi connectivity index (χ2v) is 13.9. The Labute approximate surface area is 269 Å². The van der Waals surface area contributed by atoms with Crippen LogP contribution in [0, 0.1) is 29.1 Å². The van der Waals surface area contributed by atoms with Gasteiger partial charge in [0.1, 0.15) is 0 Å². The number of hydrogen-bond donors (Lipinski definition) is 0. The Morgan fingerprint density at radius 1 is 0.543 bits per heavy atom. The van der Waals surface area contributed by atoms with Crippen molar-refractivity contribution < 1.29 is 0 Å². The van der Waals surface area contributed by atoms with Crippen molar-refractivity contribution in [2.45, 2.75) is 43.9 Å². The molecule has 0 radical (unpaired) electrons. The standard InChI is InChI=1S/C42H34N4/c43-26-27-9-18-38-35(22-27)7-4-8-37(38)31-10-12-33(13-11-31)40-44-39(32-5-2-1-3-6-32)45-41(46-40)34-14-16-36(17-15-34)42-23-28-19-29(24-42)21-30(20-28)25-42/h1-18,22,28-30H,19-21,23-25H2. The second-order valence-electron chi connectivity index (χ2n) is 13.9. The van der Waals surface area contributed by atoms with Crippen LogP contribution in [0.15, 0.2) is 115 Å². The zero-order chi connectivity index (χ0) is 30.7. The highest BCUT2D eigenvalue weighted by Gasteiger charge is 2.51. The lowest BCUT2D eigenvalue weighted by Crippen LogP contribution is -2.48. The van der Waals surface area contributed by atoms with Crippen molar-refractivity contribution in [2.24, 2.45) is 17.8 Å². The molecule has 1 aromatic heterocycles. The van der Waals surface area contributed by atoms with E-state index in [2.05, 4.69) is 78.9 Å². The maximum absolute atomic E-state index is 9.35. The summed E-state index contributed by atoms with van der Waals surface area (Å²) in [6, 6.07) is 42.2. The molecule has 4 fully saturated rings. The maximum Gasteiger partial charge on any atom is 0.164 e. The van der Waals surface area contributed by atoms with E-state index in [4.69, 9.17) is 15.0 Å². The minimum Gasteiger partial charge on any atom is -0.208 e. The van der Waals surface area contributed by atoms with Gasteiger partial charge in [-0.1, -0.05) is 103 Å². The van der Waals surface area contributed by atoms with Crippen LogP contribution < -0.4 is 0 Å². The number of aromatic nitrogens is 3. The van der Waals surface area contributed by atoms with Gasteiger partial charge in [0.2, 0.25) is 0 Å². The first kappa shape index (κ1) is 27.2. The molecule has 4 aliphatic rings. The Bertz CT molecular complexity index is 2090. The highest BCUT2D eigenvalue weighted by atomic mass is 15.0. The predicted molar refractivity (Wildman–Crippen MR) is 184 cm³/mol. The molecule has 6 aromatic rings. The van der Waals surface area contributed by atoms with Gasteiger partial charge in [-0.05, 0) is 101 Å². The highest BCUT2D eigenvalue weighted by Crippen LogP contribution is 2.60. The quantitative estimate of drug-likeness (QED) is 0.199. The van der Waals surface area contributed by atoms with Gasteiger partial charge in [-0.2, -0.15) is 5.26 Å². The first-order valence-electron chi connectivity index (χ1n) is 16.6. The van der Waals surface area contributed by atoms with E-state index in [1.54, 1.807) is 0 Å². The van der Waals surface area contributed by atoms with E-state index in [1.165, 1.54) is 44.1 Å². The molecule has 4 bridgehead atoms. The number of nitrogens with zero attached hydrogens (tertiary/aromatic N) is 4. The fourth-order valence-electron chi connectivity index (χ4n) is 9.19. The largest absolute Gasteiger partial charge is 0.208 e. The van der Waals surface area contributed by atoms with Gasteiger partial charge in [0, 0.05) is 16.7 Å². The van der Waals surface area contributed by atoms with Crippen LogP contribution in [-0.2, 0) is 5.41 Å². The molecule has 4 aliphatic carbocycles. The minimum absolute atomic E-state index is 0.372.